The van der Waals surface area contributed by atoms with E-state index < -0.39 is 0 Å². The number of hydrazine groups is 1. The third kappa shape index (κ3) is 3.63. The number of nitrogens with two attached hydrogens (primary N) is 1. The zero-order valence-electron chi connectivity index (χ0n) is 11.4. The maximum absolute atomic E-state index is 6.25. The Hall–Kier alpha value is -0.280. The molecule has 1 aromatic carbocycles. The fraction of sp³-hybridized carbons (Fsp3) is 0.600. The molecule has 0 heterocycles. The first-order chi connectivity index (χ1) is 9.05. The molecule has 0 bridgehead atoms. The van der Waals surface area contributed by atoms with Gasteiger partial charge in [-0.2, -0.15) is 0 Å². The Morgan fingerprint density at radius 1 is 1.26 bits per heavy atom. The molecule has 1 aliphatic rings. The number of hydrogen-bond acceptors (Lipinski definition) is 2. The molecule has 1 unspecified atom stereocenters. The van der Waals surface area contributed by atoms with E-state index in [0.29, 0.717) is 0 Å². The Morgan fingerprint density at radius 3 is 2.58 bits per heavy atom. The molecular formula is C15H22Cl2N2. The number of rotatable bonds is 4. The summed E-state index contributed by atoms with van der Waals surface area (Å²) in [6, 6.07) is 5.86. The van der Waals surface area contributed by atoms with E-state index in [9.17, 15) is 0 Å². The SMILES string of the molecule is CC1(C(Cc2cc(Cl)ccc2Cl)NN)CCCCC1. The van der Waals surface area contributed by atoms with Crippen LogP contribution in [0.15, 0.2) is 18.2 Å². The summed E-state index contributed by atoms with van der Waals surface area (Å²) in [6.07, 6.45) is 7.19. The number of benzene rings is 1. The van der Waals surface area contributed by atoms with Crippen molar-refractivity contribution in [1.82, 2.24) is 5.43 Å². The molecule has 2 rings (SSSR count). The lowest BCUT2D eigenvalue weighted by molar-refractivity contribution is 0.144. The number of hydrogen-bond donors (Lipinski definition) is 2. The lowest BCUT2D eigenvalue weighted by atomic mass is 9.69. The van der Waals surface area contributed by atoms with Crippen LogP contribution in [0.3, 0.4) is 0 Å². The zero-order valence-corrected chi connectivity index (χ0v) is 12.9. The van der Waals surface area contributed by atoms with E-state index in [0.717, 1.165) is 22.0 Å². The van der Waals surface area contributed by atoms with Crippen molar-refractivity contribution in [2.75, 3.05) is 0 Å². The molecule has 19 heavy (non-hydrogen) atoms. The largest absolute Gasteiger partial charge is 0.271 e. The molecule has 4 heteroatoms. The summed E-state index contributed by atoms with van der Waals surface area (Å²) in [5.74, 6) is 5.80. The summed E-state index contributed by atoms with van der Waals surface area (Å²) in [7, 11) is 0. The van der Waals surface area contributed by atoms with Gasteiger partial charge < -0.3 is 0 Å². The second-order valence-corrected chi connectivity index (χ2v) is 6.72. The molecule has 106 valence electrons. The summed E-state index contributed by atoms with van der Waals surface area (Å²) in [5, 5.41) is 1.49. The van der Waals surface area contributed by atoms with Crippen LogP contribution in [-0.2, 0) is 6.42 Å². The van der Waals surface area contributed by atoms with Gasteiger partial charge in [-0.1, -0.05) is 49.4 Å². The molecule has 0 amide bonds. The Balaban J connectivity index is 2.16. The first-order valence-corrected chi connectivity index (χ1v) is 7.71. The molecular weight excluding hydrogens is 279 g/mol. The van der Waals surface area contributed by atoms with Crippen molar-refractivity contribution in [3.05, 3.63) is 33.8 Å². The van der Waals surface area contributed by atoms with Gasteiger partial charge >= 0.3 is 0 Å². The molecule has 1 aromatic rings. The first kappa shape index (κ1) is 15.1. The first-order valence-electron chi connectivity index (χ1n) is 6.95. The van der Waals surface area contributed by atoms with Gasteiger partial charge in [-0.05, 0) is 48.4 Å². The minimum Gasteiger partial charge on any atom is -0.271 e. The number of nitrogens with one attached hydrogen (secondary N) is 1. The van der Waals surface area contributed by atoms with Gasteiger partial charge in [0.05, 0.1) is 0 Å². The van der Waals surface area contributed by atoms with Crippen molar-refractivity contribution in [3.8, 4) is 0 Å². The van der Waals surface area contributed by atoms with E-state index in [1.165, 1.54) is 32.1 Å². The highest BCUT2D eigenvalue weighted by atomic mass is 35.5. The fourth-order valence-electron chi connectivity index (χ4n) is 3.13. The Kier molecular flexibility index (Phi) is 5.13. The molecule has 0 aliphatic heterocycles. The Labute approximate surface area is 125 Å². The molecule has 0 saturated heterocycles. The lowest BCUT2D eigenvalue weighted by Gasteiger charge is -2.40. The van der Waals surface area contributed by atoms with E-state index in [-0.39, 0.29) is 11.5 Å². The maximum atomic E-state index is 6.25. The highest BCUT2D eigenvalue weighted by molar-refractivity contribution is 6.33. The molecule has 0 radical (unpaired) electrons. The van der Waals surface area contributed by atoms with Gasteiger partial charge in [0.25, 0.3) is 0 Å². The highest BCUT2D eigenvalue weighted by Crippen LogP contribution is 2.40. The van der Waals surface area contributed by atoms with Crippen LogP contribution < -0.4 is 11.3 Å². The highest BCUT2D eigenvalue weighted by Gasteiger charge is 2.35. The topological polar surface area (TPSA) is 38.0 Å². The van der Waals surface area contributed by atoms with Gasteiger partial charge in [0.2, 0.25) is 0 Å². The van der Waals surface area contributed by atoms with E-state index in [1.54, 1.807) is 0 Å². The van der Waals surface area contributed by atoms with Crippen molar-refractivity contribution < 1.29 is 0 Å². The van der Waals surface area contributed by atoms with Crippen LogP contribution >= 0.6 is 23.2 Å². The smallest absolute Gasteiger partial charge is 0.0439 e. The fourth-order valence-corrected chi connectivity index (χ4v) is 3.52. The van der Waals surface area contributed by atoms with Crippen molar-refractivity contribution in [1.29, 1.82) is 0 Å². The average molecular weight is 301 g/mol. The third-order valence-corrected chi connectivity index (χ3v) is 5.07. The van der Waals surface area contributed by atoms with Gasteiger partial charge in [0.1, 0.15) is 0 Å². The molecule has 0 aromatic heterocycles. The van der Waals surface area contributed by atoms with Gasteiger partial charge in [0.15, 0.2) is 0 Å². The molecule has 1 atom stereocenters. The van der Waals surface area contributed by atoms with Gasteiger partial charge in [-0.15, -0.1) is 0 Å². The van der Waals surface area contributed by atoms with Gasteiger partial charge in [0, 0.05) is 16.1 Å². The second kappa shape index (κ2) is 6.45. The van der Waals surface area contributed by atoms with Crippen LogP contribution in [0.1, 0.15) is 44.6 Å². The third-order valence-electron chi connectivity index (χ3n) is 4.47. The quantitative estimate of drug-likeness (QED) is 0.641. The summed E-state index contributed by atoms with van der Waals surface area (Å²) in [5.41, 5.74) is 4.33. The summed E-state index contributed by atoms with van der Waals surface area (Å²) < 4.78 is 0. The van der Waals surface area contributed by atoms with Crippen LogP contribution in [0.5, 0.6) is 0 Å². The molecule has 1 saturated carbocycles. The Bertz CT molecular complexity index is 428. The Morgan fingerprint density at radius 2 is 1.95 bits per heavy atom. The van der Waals surface area contributed by atoms with E-state index >= 15 is 0 Å². The maximum Gasteiger partial charge on any atom is 0.0439 e. The minimum atomic E-state index is 0.240. The lowest BCUT2D eigenvalue weighted by Crippen LogP contribution is -2.49. The van der Waals surface area contributed by atoms with Crippen molar-refractivity contribution >= 4 is 23.2 Å². The van der Waals surface area contributed by atoms with E-state index in [4.69, 9.17) is 29.0 Å². The van der Waals surface area contributed by atoms with E-state index in [2.05, 4.69) is 12.3 Å². The predicted octanol–water partition coefficient (Wildman–Crippen LogP) is 4.34. The standard InChI is InChI=1S/C15H22Cl2N2/c1-15(7-3-2-4-8-15)14(19-18)10-11-9-12(16)5-6-13(11)17/h5-6,9,14,19H,2-4,7-8,10,18H2,1H3. The summed E-state index contributed by atoms with van der Waals surface area (Å²) in [6.45, 7) is 2.33. The summed E-state index contributed by atoms with van der Waals surface area (Å²) >= 11 is 12.3. The van der Waals surface area contributed by atoms with Crippen molar-refractivity contribution in [2.24, 2.45) is 11.3 Å². The van der Waals surface area contributed by atoms with Gasteiger partial charge in [-0.25, -0.2) is 0 Å². The number of halogens is 2. The zero-order chi connectivity index (χ0) is 13.9. The molecule has 1 aliphatic carbocycles. The van der Waals surface area contributed by atoms with Crippen LogP contribution in [-0.4, -0.2) is 6.04 Å². The van der Waals surface area contributed by atoms with Crippen LogP contribution in [0, 0.1) is 5.41 Å². The van der Waals surface area contributed by atoms with Crippen molar-refractivity contribution in [3.63, 3.8) is 0 Å². The van der Waals surface area contributed by atoms with Crippen molar-refractivity contribution in [2.45, 2.75) is 51.5 Å². The van der Waals surface area contributed by atoms with Crippen LogP contribution in [0.4, 0.5) is 0 Å². The van der Waals surface area contributed by atoms with Gasteiger partial charge in [-0.3, -0.25) is 11.3 Å². The molecule has 3 N–H and O–H groups in total. The van der Waals surface area contributed by atoms with Crippen LogP contribution in [0.2, 0.25) is 10.0 Å². The molecule has 0 spiro atoms. The van der Waals surface area contributed by atoms with E-state index in [1.807, 2.05) is 18.2 Å². The second-order valence-electron chi connectivity index (χ2n) is 5.87. The average Bonchev–Trinajstić information content (AvgIpc) is 2.40. The predicted molar refractivity (Wildman–Crippen MR) is 82.5 cm³/mol. The monoisotopic (exact) mass is 300 g/mol. The summed E-state index contributed by atoms with van der Waals surface area (Å²) in [4.78, 5) is 0. The molecule has 1 fully saturated rings. The van der Waals surface area contributed by atoms with Crippen LogP contribution in [0.25, 0.3) is 0 Å². The minimum absolute atomic E-state index is 0.240. The molecule has 2 nitrogen and oxygen atoms in total. The normalized spacial score (nSPS) is 20.2.